The fourth-order valence-corrected chi connectivity index (χ4v) is 6.53. The highest BCUT2D eigenvalue weighted by molar-refractivity contribution is 6.31. The summed E-state index contributed by atoms with van der Waals surface area (Å²) in [5.74, 6) is -0.475. The van der Waals surface area contributed by atoms with E-state index in [4.69, 9.17) is 37.4 Å². The van der Waals surface area contributed by atoms with Crippen LogP contribution in [0.25, 0.3) is 0 Å². The van der Waals surface area contributed by atoms with Gasteiger partial charge in [-0.2, -0.15) is 0 Å². The number of carbonyl (C=O) groups excluding carboxylic acids is 2. The third kappa shape index (κ3) is 7.32. The van der Waals surface area contributed by atoms with Crippen molar-refractivity contribution in [2.75, 3.05) is 27.7 Å². The second-order valence-electron chi connectivity index (χ2n) is 12.6. The van der Waals surface area contributed by atoms with Gasteiger partial charge in [0.1, 0.15) is 29.3 Å². The first-order valence-electron chi connectivity index (χ1n) is 14.4. The molecule has 0 bridgehead atoms. The Bertz CT molecular complexity index is 1270. The highest BCUT2D eigenvalue weighted by Gasteiger charge is 2.43. The second kappa shape index (κ2) is 13.0. The maximum Gasteiger partial charge on any atom is 0.411 e. The zero-order chi connectivity index (χ0) is 30.8. The number of likely N-dealkylation sites (tertiary alicyclic amines) is 1. The van der Waals surface area contributed by atoms with Gasteiger partial charge in [0.15, 0.2) is 0 Å². The largest absolute Gasteiger partial charge is 0.488 e. The molecule has 1 aliphatic heterocycles. The minimum Gasteiger partial charge on any atom is -0.488 e. The van der Waals surface area contributed by atoms with Gasteiger partial charge < -0.3 is 14.2 Å². The van der Waals surface area contributed by atoms with Crippen LogP contribution in [0, 0.1) is 11.7 Å². The molecule has 0 radical (unpaired) electrons. The summed E-state index contributed by atoms with van der Waals surface area (Å²) >= 11 is 12.6. The smallest absolute Gasteiger partial charge is 0.411 e. The summed E-state index contributed by atoms with van der Waals surface area (Å²) in [6.45, 7) is 5.37. The van der Waals surface area contributed by atoms with Crippen LogP contribution in [0.15, 0.2) is 36.4 Å². The molecule has 230 valence electrons. The van der Waals surface area contributed by atoms with E-state index in [0.717, 1.165) is 30.7 Å². The molecule has 42 heavy (non-hydrogen) atoms. The number of ether oxygens (including phenoxy) is 3. The van der Waals surface area contributed by atoms with Crippen molar-refractivity contribution in [3.63, 3.8) is 0 Å². The van der Waals surface area contributed by atoms with Gasteiger partial charge in [-0.25, -0.2) is 14.0 Å². The lowest BCUT2D eigenvalue weighted by atomic mass is 9.70. The summed E-state index contributed by atoms with van der Waals surface area (Å²) in [4.78, 5) is 28.9. The average Bonchev–Trinajstić information content (AvgIpc) is 3.35. The van der Waals surface area contributed by atoms with Crippen molar-refractivity contribution < 1.29 is 28.2 Å². The lowest BCUT2D eigenvalue weighted by Crippen LogP contribution is -2.44. The zero-order valence-corrected chi connectivity index (χ0v) is 26.7. The highest BCUT2D eigenvalue weighted by Crippen LogP contribution is 2.45. The van der Waals surface area contributed by atoms with E-state index in [9.17, 15) is 9.59 Å². The van der Waals surface area contributed by atoms with Gasteiger partial charge in [-0.3, -0.25) is 9.80 Å². The van der Waals surface area contributed by atoms with Crippen LogP contribution >= 0.6 is 23.2 Å². The van der Waals surface area contributed by atoms with Gasteiger partial charge in [-0.05, 0) is 102 Å². The summed E-state index contributed by atoms with van der Waals surface area (Å²) in [6.07, 6.45) is 3.47. The molecule has 10 heteroatoms. The number of carbonyl (C=O) groups is 2. The number of esters is 1. The number of hydrogen-bond donors (Lipinski definition) is 0. The van der Waals surface area contributed by atoms with Crippen molar-refractivity contribution in [3.8, 4) is 5.75 Å². The lowest BCUT2D eigenvalue weighted by molar-refractivity contribution is -0.145. The molecule has 2 atom stereocenters. The standard InChI is InChI=1S/C32H41Cl2FN2O5/c1-31(2,3)42-30(39)37-19-25(18-27(37)29(38)40-6)41-24-16-21(28(34)26(35)17-24)15-20-11-13-32(14-12-20,36(4)5)22-7-9-23(33)10-8-22/h7-10,16-17,20,25,27H,11-15,18-19H2,1-6H3/t20-,25-,27-,32-/m0/s1. The molecule has 1 saturated heterocycles. The average molecular weight is 624 g/mol. The van der Waals surface area contributed by atoms with Crippen molar-refractivity contribution in [1.29, 1.82) is 0 Å². The lowest BCUT2D eigenvalue weighted by Gasteiger charge is -2.45. The van der Waals surface area contributed by atoms with Crippen molar-refractivity contribution in [2.24, 2.45) is 5.92 Å². The highest BCUT2D eigenvalue weighted by atomic mass is 35.5. The molecule has 4 rings (SSSR count). The molecule has 0 unspecified atom stereocenters. The Hall–Kier alpha value is -2.55. The Morgan fingerprint density at radius 3 is 2.31 bits per heavy atom. The molecule has 0 aromatic heterocycles. The molecular weight excluding hydrogens is 582 g/mol. The summed E-state index contributed by atoms with van der Waals surface area (Å²) < 4.78 is 31.5. The third-order valence-electron chi connectivity index (χ3n) is 8.42. The van der Waals surface area contributed by atoms with Crippen LogP contribution in [0.2, 0.25) is 10.0 Å². The molecule has 0 spiro atoms. The molecule has 2 aromatic rings. The summed E-state index contributed by atoms with van der Waals surface area (Å²) in [7, 11) is 5.49. The molecule has 1 amide bonds. The van der Waals surface area contributed by atoms with Crippen LogP contribution in [0.5, 0.6) is 5.75 Å². The van der Waals surface area contributed by atoms with E-state index in [1.54, 1.807) is 26.8 Å². The predicted molar refractivity (Wildman–Crippen MR) is 162 cm³/mol. The van der Waals surface area contributed by atoms with Gasteiger partial charge in [-0.15, -0.1) is 0 Å². The Morgan fingerprint density at radius 1 is 1.10 bits per heavy atom. The molecule has 2 aromatic carbocycles. The van der Waals surface area contributed by atoms with E-state index in [2.05, 4.69) is 31.1 Å². The van der Waals surface area contributed by atoms with Gasteiger partial charge in [0.05, 0.1) is 18.7 Å². The molecule has 0 N–H and O–H groups in total. The van der Waals surface area contributed by atoms with Gasteiger partial charge in [0.25, 0.3) is 0 Å². The van der Waals surface area contributed by atoms with E-state index in [1.807, 2.05) is 12.1 Å². The SMILES string of the molecule is COC(=O)[C@@H]1C[C@H](Oc2cc(F)c(Cl)c(C[C@H]3CC[C@](c4ccc(Cl)cc4)(N(C)C)CC3)c2)CN1C(=O)OC(C)(C)C. The fraction of sp³-hybridized carbons (Fsp3) is 0.562. The van der Waals surface area contributed by atoms with E-state index < -0.39 is 35.6 Å². The molecular formula is C32H41Cl2FN2O5. The van der Waals surface area contributed by atoms with E-state index in [-0.39, 0.29) is 23.5 Å². The number of amides is 1. The van der Waals surface area contributed by atoms with Crippen LogP contribution in [-0.2, 0) is 26.2 Å². The molecule has 2 fully saturated rings. The van der Waals surface area contributed by atoms with Crippen LogP contribution in [-0.4, -0.2) is 67.4 Å². The van der Waals surface area contributed by atoms with E-state index in [0.29, 0.717) is 23.7 Å². The first-order valence-corrected chi connectivity index (χ1v) is 15.1. The van der Waals surface area contributed by atoms with Crippen molar-refractivity contribution in [1.82, 2.24) is 9.80 Å². The Morgan fingerprint density at radius 2 is 1.74 bits per heavy atom. The van der Waals surface area contributed by atoms with Gasteiger partial charge in [0.2, 0.25) is 0 Å². The molecule has 2 aliphatic rings. The fourth-order valence-electron chi connectivity index (χ4n) is 6.22. The van der Waals surface area contributed by atoms with Crippen LogP contribution in [0.4, 0.5) is 9.18 Å². The molecule has 1 aliphatic carbocycles. The third-order valence-corrected chi connectivity index (χ3v) is 9.10. The second-order valence-corrected chi connectivity index (χ2v) is 13.4. The molecule has 7 nitrogen and oxygen atoms in total. The monoisotopic (exact) mass is 622 g/mol. The Kier molecular flexibility index (Phi) is 10.0. The Labute approximate surface area is 258 Å². The van der Waals surface area contributed by atoms with E-state index in [1.165, 1.54) is 23.6 Å². The van der Waals surface area contributed by atoms with Crippen molar-refractivity contribution in [3.05, 3.63) is 63.4 Å². The Balaban J connectivity index is 1.46. The molecule has 1 saturated carbocycles. The van der Waals surface area contributed by atoms with Gasteiger partial charge in [-0.1, -0.05) is 35.3 Å². The van der Waals surface area contributed by atoms with Crippen LogP contribution in [0.1, 0.15) is 64.0 Å². The number of benzene rings is 2. The number of nitrogens with zero attached hydrogens (tertiary/aromatic N) is 2. The minimum atomic E-state index is -0.855. The maximum absolute atomic E-state index is 15.0. The summed E-state index contributed by atoms with van der Waals surface area (Å²) in [5.41, 5.74) is 1.12. The first kappa shape index (κ1) is 32.4. The van der Waals surface area contributed by atoms with E-state index >= 15 is 4.39 Å². The van der Waals surface area contributed by atoms with Crippen LogP contribution in [0.3, 0.4) is 0 Å². The van der Waals surface area contributed by atoms with Crippen LogP contribution < -0.4 is 4.74 Å². The summed E-state index contributed by atoms with van der Waals surface area (Å²) in [6, 6.07) is 10.3. The van der Waals surface area contributed by atoms with Crippen molar-refractivity contribution in [2.45, 2.75) is 82.6 Å². The predicted octanol–water partition coefficient (Wildman–Crippen LogP) is 7.25. The number of hydrogen-bond acceptors (Lipinski definition) is 6. The summed E-state index contributed by atoms with van der Waals surface area (Å²) in [5, 5.41) is 0.815. The quantitative estimate of drug-likeness (QED) is 0.303. The maximum atomic E-state index is 15.0. The number of methoxy groups -OCH3 is 1. The first-order chi connectivity index (χ1) is 19.7. The number of rotatable bonds is 7. The minimum absolute atomic E-state index is 0.0836. The normalized spacial score (nSPS) is 24.5. The zero-order valence-electron chi connectivity index (χ0n) is 25.2. The van der Waals surface area contributed by atoms with Crippen molar-refractivity contribution >= 4 is 35.3 Å². The van der Waals surface area contributed by atoms with Gasteiger partial charge >= 0.3 is 12.1 Å². The van der Waals surface area contributed by atoms with Gasteiger partial charge in [0, 0.05) is 23.0 Å². The topological polar surface area (TPSA) is 68.3 Å². The molecule has 1 heterocycles. The number of halogens is 3.